The third kappa shape index (κ3) is 3.34. The van der Waals surface area contributed by atoms with Gasteiger partial charge in [0.05, 0.1) is 22.1 Å². The first kappa shape index (κ1) is 26.8. The summed E-state index contributed by atoms with van der Waals surface area (Å²) in [7, 11) is 0. The molecule has 0 bridgehead atoms. The van der Waals surface area contributed by atoms with E-state index in [2.05, 4.69) is 175 Å². The van der Waals surface area contributed by atoms with Crippen LogP contribution >= 0.6 is 0 Å². The van der Waals surface area contributed by atoms with E-state index < -0.39 is 5.41 Å². The third-order valence-corrected chi connectivity index (χ3v) is 11.3. The Kier molecular flexibility index (Phi) is 5.31. The van der Waals surface area contributed by atoms with Crippen molar-refractivity contribution in [3.63, 3.8) is 0 Å². The van der Waals surface area contributed by atoms with Crippen molar-refractivity contribution in [3.8, 4) is 27.9 Å². The molecule has 0 radical (unpaired) electrons. The highest BCUT2D eigenvalue weighted by Gasteiger charge is 2.50. The molecule has 0 amide bonds. The van der Waals surface area contributed by atoms with Crippen molar-refractivity contribution in [1.29, 1.82) is 0 Å². The lowest BCUT2D eigenvalue weighted by atomic mass is 9.65. The second-order valence-electron chi connectivity index (χ2n) is 13.6. The Bertz CT molecular complexity index is 2770. The standard InChI is InChI=1S/C48H31N/c1-30-14-3-2-4-15-31-26-27-34(38-20-13-19-33(30)46(31)38)32-28-39-37-18-7-11-24-44(37)49-45-25-12-10-23-42(45)48(43(29-32)47(39)49)40-21-8-5-16-35(40)36-17-6-9-22-41(36)48/h2-14,16-29H,1,15H2/b4-2-,14-3-. The zero-order valence-corrected chi connectivity index (χ0v) is 26.9. The summed E-state index contributed by atoms with van der Waals surface area (Å²) >= 11 is 0. The molecular formula is C48H31N. The largest absolute Gasteiger partial charge is 0.309 e. The molecule has 0 N–H and O–H groups in total. The summed E-state index contributed by atoms with van der Waals surface area (Å²) in [5.74, 6) is 0. The van der Waals surface area contributed by atoms with Gasteiger partial charge < -0.3 is 4.57 Å². The van der Waals surface area contributed by atoms with Crippen LogP contribution in [0.4, 0.5) is 0 Å². The highest BCUT2D eigenvalue weighted by Crippen LogP contribution is 2.61. The molecule has 1 nitrogen and oxygen atoms in total. The van der Waals surface area contributed by atoms with Crippen LogP contribution in [0, 0.1) is 0 Å². The average molecular weight is 622 g/mol. The van der Waals surface area contributed by atoms with E-state index in [-0.39, 0.29) is 0 Å². The van der Waals surface area contributed by atoms with E-state index in [1.807, 2.05) is 0 Å². The molecule has 228 valence electrons. The van der Waals surface area contributed by atoms with Gasteiger partial charge in [0.1, 0.15) is 0 Å². The fraction of sp³-hybridized carbons (Fsp3) is 0.0417. The van der Waals surface area contributed by atoms with Crippen LogP contribution in [0.15, 0.2) is 170 Å². The molecule has 11 rings (SSSR count). The zero-order chi connectivity index (χ0) is 32.3. The fourth-order valence-corrected chi connectivity index (χ4v) is 9.44. The van der Waals surface area contributed by atoms with Crippen molar-refractivity contribution in [1.82, 2.24) is 4.57 Å². The van der Waals surface area contributed by atoms with Crippen LogP contribution in [0.2, 0.25) is 0 Å². The molecule has 49 heavy (non-hydrogen) atoms. The van der Waals surface area contributed by atoms with Gasteiger partial charge in [-0.2, -0.15) is 0 Å². The summed E-state index contributed by atoms with van der Waals surface area (Å²) in [4.78, 5) is 0. The minimum Gasteiger partial charge on any atom is -0.309 e. The molecular weight excluding hydrogens is 591 g/mol. The van der Waals surface area contributed by atoms with Crippen LogP contribution in [0.25, 0.3) is 66.1 Å². The van der Waals surface area contributed by atoms with Gasteiger partial charge in [0, 0.05) is 10.8 Å². The normalized spacial score (nSPS) is 16.2. The summed E-state index contributed by atoms with van der Waals surface area (Å²) in [5, 5.41) is 5.14. The first-order valence-corrected chi connectivity index (χ1v) is 17.2. The van der Waals surface area contributed by atoms with E-state index in [1.54, 1.807) is 0 Å². The van der Waals surface area contributed by atoms with Crippen molar-refractivity contribution in [3.05, 3.63) is 204 Å². The summed E-state index contributed by atoms with van der Waals surface area (Å²) in [6, 6.07) is 52.6. The minimum absolute atomic E-state index is 0.466. The van der Waals surface area contributed by atoms with Crippen LogP contribution in [0.1, 0.15) is 33.4 Å². The highest BCUT2D eigenvalue weighted by molar-refractivity contribution is 6.15. The van der Waals surface area contributed by atoms with E-state index in [4.69, 9.17) is 0 Å². The third-order valence-electron chi connectivity index (χ3n) is 11.3. The van der Waals surface area contributed by atoms with Crippen LogP contribution < -0.4 is 0 Å². The second kappa shape index (κ2) is 9.69. The predicted octanol–water partition coefficient (Wildman–Crippen LogP) is 12.0. The van der Waals surface area contributed by atoms with Crippen molar-refractivity contribution >= 4 is 38.2 Å². The van der Waals surface area contributed by atoms with E-state index >= 15 is 0 Å². The number of fused-ring (bicyclic) bond motifs is 12. The Labute approximate surface area is 285 Å². The molecule has 7 aromatic carbocycles. The molecule has 0 atom stereocenters. The van der Waals surface area contributed by atoms with Crippen LogP contribution in [-0.4, -0.2) is 4.57 Å². The van der Waals surface area contributed by atoms with Crippen molar-refractivity contribution in [2.45, 2.75) is 11.8 Å². The van der Waals surface area contributed by atoms with Crippen molar-refractivity contribution in [2.24, 2.45) is 0 Å². The number of allylic oxidation sites excluding steroid dienone is 5. The lowest BCUT2D eigenvalue weighted by molar-refractivity contribution is 0.749. The van der Waals surface area contributed by atoms with Gasteiger partial charge in [-0.25, -0.2) is 0 Å². The Morgan fingerprint density at radius 3 is 2.06 bits per heavy atom. The molecule has 3 aliphatic rings. The molecule has 1 aliphatic heterocycles. The number of para-hydroxylation sites is 2. The Morgan fingerprint density at radius 2 is 1.22 bits per heavy atom. The molecule has 8 aromatic rings. The number of rotatable bonds is 1. The maximum Gasteiger partial charge on any atom is 0.0754 e. The molecule has 2 aliphatic carbocycles. The van der Waals surface area contributed by atoms with E-state index in [0.717, 1.165) is 12.0 Å². The fourth-order valence-electron chi connectivity index (χ4n) is 9.44. The maximum absolute atomic E-state index is 4.49. The van der Waals surface area contributed by atoms with E-state index in [9.17, 15) is 0 Å². The van der Waals surface area contributed by atoms with Gasteiger partial charge in [-0.05, 0) is 103 Å². The van der Waals surface area contributed by atoms with Crippen molar-refractivity contribution < 1.29 is 0 Å². The topological polar surface area (TPSA) is 4.93 Å². The molecule has 0 fully saturated rings. The predicted molar refractivity (Wildman–Crippen MR) is 206 cm³/mol. The molecule has 0 unspecified atom stereocenters. The highest BCUT2D eigenvalue weighted by atomic mass is 15.0. The van der Waals surface area contributed by atoms with Gasteiger partial charge in [0.15, 0.2) is 0 Å². The van der Waals surface area contributed by atoms with Gasteiger partial charge in [-0.15, -0.1) is 0 Å². The van der Waals surface area contributed by atoms with Gasteiger partial charge >= 0.3 is 0 Å². The number of hydrogen-bond acceptors (Lipinski definition) is 0. The van der Waals surface area contributed by atoms with Crippen molar-refractivity contribution in [2.75, 3.05) is 0 Å². The lowest BCUT2D eigenvalue weighted by Crippen LogP contribution is -2.33. The summed E-state index contributed by atoms with van der Waals surface area (Å²) in [5.41, 5.74) is 17.4. The Balaban J connectivity index is 1.34. The average Bonchev–Trinajstić information content (AvgIpc) is 3.66. The van der Waals surface area contributed by atoms with Gasteiger partial charge in [-0.3, -0.25) is 0 Å². The smallest absolute Gasteiger partial charge is 0.0754 e. The first-order valence-electron chi connectivity index (χ1n) is 17.2. The van der Waals surface area contributed by atoms with Crippen LogP contribution in [0.3, 0.4) is 0 Å². The minimum atomic E-state index is -0.466. The Morgan fingerprint density at radius 1 is 0.531 bits per heavy atom. The lowest BCUT2D eigenvalue weighted by Gasteiger charge is -2.40. The molecule has 1 heteroatoms. The van der Waals surface area contributed by atoms with E-state index in [1.165, 1.54) is 93.9 Å². The molecule has 1 aromatic heterocycles. The quantitative estimate of drug-likeness (QED) is 0.172. The summed E-state index contributed by atoms with van der Waals surface area (Å²) in [6.07, 6.45) is 9.52. The van der Waals surface area contributed by atoms with Gasteiger partial charge in [0.2, 0.25) is 0 Å². The van der Waals surface area contributed by atoms with Gasteiger partial charge in [0.25, 0.3) is 0 Å². The molecule has 0 saturated carbocycles. The molecule has 2 heterocycles. The van der Waals surface area contributed by atoms with Crippen LogP contribution in [0.5, 0.6) is 0 Å². The Hall–Kier alpha value is -6.18. The second-order valence-corrected chi connectivity index (χ2v) is 13.6. The molecule has 0 saturated heterocycles. The van der Waals surface area contributed by atoms with Crippen LogP contribution in [-0.2, 0) is 11.8 Å². The number of hydrogen-bond donors (Lipinski definition) is 0. The van der Waals surface area contributed by atoms with E-state index in [0.29, 0.717) is 0 Å². The number of nitrogens with zero attached hydrogens (tertiary/aromatic N) is 1. The van der Waals surface area contributed by atoms with Gasteiger partial charge in [-0.1, -0.05) is 146 Å². The molecule has 1 spiro atoms. The number of benzene rings is 7. The first-order chi connectivity index (χ1) is 24.2. The summed E-state index contributed by atoms with van der Waals surface area (Å²) < 4.78 is 2.53. The summed E-state index contributed by atoms with van der Waals surface area (Å²) in [6.45, 7) is 4.49. The maximum atomic E-state index is 4.49. The monoisotopic (exact) mass is 621 g/mol. The SMILES string of the molecule is C=C1/C=C\C=C/Cc2ccc(-c3cc4c5c(c3)c3ccccc3n5-c3ccccc3C43c4ccccc4-c4ccccc43)c3cccc1c23. The zero-order valence-electron chi connectivity index (χ0n) is 26.9. The number of aromatic nitrogens is 1.